The molecule has 0 atom stereocenters. The fourth-order valence-electron chi connectivity index (χ4n) is 2.60. The summed E-state index contributed by atoms with van der Waals surface area (Å²) in [6.45, 7) is 1.80. The molecule has 0 saturated carbocycles. The summed E-state index contributed by atoms with van der Waals surface area (Å²) in [5.74, 6) is 0.987. The Morgan fingerprint density at radius 1 is 0.897 bits per heavy atom. The molecule has 0 aliphatic carbocycles. The van der Waals surface area contributed by atoms with Gasteiger partial charge in [0.1, 0.15) is 11.5 Å². The molecule has 0 saturated heterocycles. The van der Waals surface area contributed by atoms with E-state index in [1.807, 2.05) is 30.3 Å². The Balaban J connectivity index is 1.76. The van der Waals surface area contributed by atoms with Crippen LogP contribution in [0.25, 0.3) is 0 Å². The van der Waals surface area contributed by atoms with Gasteiger partial charge in [0.25, 0.3) is 5.91 Å². The van der Waals surface area contributed by atoms with E-state index in [9.17, 15) is 13.2 Å². The summed E-state index contributed by atoms with van der Waals surface area (Å²) in [6.07, 6.45) is 0. The molecule has 3 rings (SSSR count). The van der Waals surface area contributed by atoms with Crippen LogP contribution in [-0.2, 0) is 10.0 Å². The number of rotatable bonds is 6. The highest BCUT2D eigenvalue weighted by atomic mass is 32.2. The molecule has 1 amide bonds. The largest absolute Gasteiger partial charge is 0.457 e. The molecule has 150 valence electrons. The van der Waals surface area contributed by atoms with Gasteiger partial charge in [-0.3, -0.25) is 4.79 Å². The average Bonchev–Trinajstić information content (AvgIpc) is 2.70. The number of carbonyl (C=O) groups excluding carboxylic acids is 1. The molecule has 3 aromatic carbocycles. The number of amides is 1. The van der Waals surface area contributed by atoms with Crippen LogP contribution in [0.3, 0.4) is 0 Å². The van der Waals surface area contributed by atoms with Crippen LogP contribution in [0.2, 0.25) is 0 Å². The Hall–Kier alpha value is -3.16. The molecule has 3 aromatic rings. The normalized spacial score (nSPS) is 11.3. The number of ether oxygens (including phenoxy) is 1. The fourth-order valence-corrected chi connectivity index (χ4v) is 3.53. The van der Waals surface area contributed by atoms with Gasteiger partial charge in [-0.15, -0.1) is 0 Å². The molecule has 29 heavy (non-hydrogen) atoms. The average molecular weight is 410 g/mol. The Morgan fingerprint density at radius 3 is 2.14 bits per heavy atom. The maximum atomic E-state index is 12.6. The van der Waals surface area contributed by atoms with Crippen molar-refractivity contribution in [2.45, 2.75) is 11.8 Å². The molecular weight excluding hydrogens is 388 g/mol. The summed E-state index contributed by atoms with van der Waals surface area (Å²) in [5.41, 5.74) is 1.65. The molecule has 0 unspecified atom stereocenters. The minimum atomic E-state index is -3.59. The number of nitrogens with zero attached hydrogens (tertiary/aromatic N) is 1. The molecule has 0 spiro atoms. The first-order valence-corrected chi connectivity index (χ1v) is 10.4. The van der Waals surface area contributed by atoms with Crippen molar-refractivity contribution in [3.05, 3.63) is 83.9 Å². The second-order valence-electron chi connectivity index (χ2n) is 6.66. The standard InChI is InChI=1S/C22H22N2O4S/c1-16-9-14-20(29(26,27)24(2)3)15-21(16)23-22(25)17-10-12-19(13-11-17)28-18-7-5-4-6-8-18/h4-15H,1-3H3,(H,23,25). The molecule has 0 fully saturated rings. The number of para-hydroxylation sites is 1. The maximum Gasteiger partial charge on any atom is 0.255 e. The first-order chi connectivity index (χ1) is 13.8. The number of hydrogen-bond acceptors (Lipinski definition) is 4. The first-order valence-electron chi connectivity index (χ1n) is 8.95. The highest BCUT2D eigenvalue weighted by molar-refractivity contribution is 7.89. The smallest absolute Gasteiger partial charge is 0.255 e. The lowest BCUT2D eigenvalue weighted by Crippen LogP contribution is -2.22. The van der Waals surface area contributed by atoms with Crippen molar-refractivity contribution in [2.24, 2.45) is 0 Å². The second-order valence-corrected chi connectivity index (χ2v) is 8.81. The van der Waals surface area contributed by atoms with Crippen LogP contribution in [0.1, 0.15) is 15.9 Å². The van der Waals surface area contributed by atoms with E-state index >= 15 is 0 Å². The van der Waals surface area contributed by atoms with E-state index in [1.165, 1.54) is 26.2 Å². The summed E-state index contributed by atoms with van der Waals surface area (Å²) in [7, 11) is -0.657. The van der Waals surface area contributed by atoms with E-state index in [2.05, 4.69) is 5.32 Å². The van der Waals surface area contributed by atoms with E-state index in [0.717, 1.165) is 9.87 Å². The molecule has 0 aromatic heterocycles. The maximum absolute atomic E-state index is 12.6. The van der Waals surface area contributed by atoms with Crippen LogP contribution in [-0.4, -0.2) is 32.7 Å². The third kappa shape index (κ3) is 4.82. The van der Waals surface area contributed by atoms with Gasteiger partial charge < -0.3 is 10.1 Å². The number of aryl methyl sites for hydroxylation is 1. The van der Waals surface area contributed by atoms with Crippen molar-refractivity contribution in [1.82, 2.24) is 4.31 Å². The number of sulfonamides is 1. The molecule has 0 bridgehead atoms. The second kappa shape index (κ2) is 8.46. The van der Waals surface area contributed by atoms with Crippen LogP contribution in [0.15, 0.2) is 77.7 Å². The van der Waals surface area contributed by atoms with Crippen LogP contribution in [0.4, 0.5) is 5.69 Å². The zero-order chi connectivity index (χ0) is 21.0. The van der Waals surface area contributed by atoms with E-state index in [-0.39, 0.29) is 10.8 Å². The molecular formula is C22H22N2O4S. The lowest BCUT2D eigenvalue weighted by molar-refractivity contribution is 0.102. The summed E-state index contributed by atoms with van der Waals surface area (Å²) in [4.78, 5) is 12.7. The lowest BCUT2D eigenvalue weighted by atomic mass is 10.1. The Bertz CT molecular complexity index is 1110. The van der Waals surface area contributed by atoms with Crippen molar-refractivity contribution in [2.75, 3.05) is 19.4 Å². The lowest BCUT2D eigenvalue weighted by Gasteiger charge is -2.14. The highest BCUT2D eigenvalue weighted by Gasteiger charge is 2.19. The van der Waals surface area contributed by atoms with Gasteiger partial charge in [-0.25, -0.2) is 12.7 Å². The minimum absolute atomic E-state index is 0.120. The SMILES string of the molecule is Cc1ccc(S(=O)(=O)N(C)C)cc1NC(=O)c1ccc(Oc2ccccc2)cc1. The first kappa shape index (κ1) is 20.6. The van der Waals surface area contributed by atoms with E-state index < -0.39 is 10.0 Å². The van der Waals surface area contributed by atoms with Crippen LogP contribution in [0, 0.1) is 6.92 Å². The molecule has 0 radical (unpaired) electrons. The third-order valence-corrected chi connectivity index (χ3v) is 6.14. The quantitative estimate of drug-likeness (QED) is 0.658. The van der Waals surface area contributed by atoms with Crippen molar-refractivity contribution in [1.29, 1.82) is 0 Å². The van der Waals surface area contributed by atoms with Gasteiger partial charge in [0, 0.05) is 25.3 Å². The predicted molar refractivity (Wildman–Crippen MR) is 113 cm³/mol. The van der Waals surface area contributed by atoms with E-state index in [4.69, 9.17) is 4.74 Å². The van der Waals surface area contributed by atoms with Gasteiger partial charge in [0.2, 0.25) is 10.0 Å². The van der Waals surface area contributed by atoms with Gasteiger partial charge >= 0.3 is 0 Å². The summed E-state index contributed by atoms with van der Waals surface area (Å²) < 4.78 is 31.5. The van der Waals surface area contributed by atoms with Crippen molar-refractivity contribution >= 4 is 21.6 Å². The van der Waals surface area contributed by atoms with Gasteiger partial charge in [-0.1, -0.05) is 24.3 Å². The molecule has 0 aliphatic heterocycles. The van der Waals surface area contributed by atoms with Gasteiger partial charge in [-0.05, 0) is 61.0 Å². The van der Waals surface area contributed by atoms with E-state index in [1.54, 1.807) is 37.3 Å². The van der Waals surface area contributed by atoms with E-state index in [0.29, 0.717) is 22.7 Å². The molecule has 7 heteroatoms. The number of nitrogens with one attached hydrogen (secondary N) is 1. The van der Waals surface area contributed by atoms with Gasteiger partial charge in [0.05, 0.1) is 4.90 Å². The topological polar surface area (TPSA) is 75.7 Å². The van der Waals surface area contributed by atoms with Crippen molar-refractivity contribution in [3.8, 4) is 11.5 Å². The number of hydrogen-bond donors (Lipinski definition) is 1. The summed E-state index contributed by atoms with van der Waals surface area (Å²) >= 11 is 0. The van der Waals surface area contributed by atoms with Crippen LogP contribution in [0.5, 0.6) is 11.5 Å². The zero-order valence-corrected chi connectivity index (χ0v) is 17.2. The summed E-state index contributed by atoms with van der Waals surface area (Å²) in [5, 5.41) is 2.78. The third-order valence-electron chi connectivity index (χ3n) is 4.33. The Labute approximate surface area is 170 Å². The Kier molecular flexibility index (Phi) is 6.00. The number of carbonyl (C=O) groups is 1. The minimum Gasteiger partial charge on any atom is -0.457 e. The molecule has 0 heterocycles. The van der Waals surface area contributed by atoms with Gasteiger partial charge in [0.15, 0.2) is 0 Å². The number of benzene rings is 3. The highest BCUT2D eigenvalue weighted by Crippen LogP contribution is 2.24. The molecule has 0 aliphatic rings. The monoisotopic (exact) mass is 410 g/mol. The van der Waals surface area contributed by atoms with Crippen LogP contribution < -0.4 is 10.1 Å². The molecule has 6 nitrogen and oxygen atoms in total. The van der Waals surface area contributed by atoms with Crippen LogP contribution >= 0.6 is 0 Å². The summed E-state index contributed by atoms with van der Waals surface area (Å²) in [6, 6.07) is 20.7. The predicted octanol–water partition coefficient (Wildman–Crippen LogP) is 4.29. The zero-order valence-electron chi connectivity index (χ0n) is 16.4. The van der Waals surface area contributed by atoms with Crippen molar-refractivity contribution < 1.29 is 17.9 Å². The number of anilines is 1. The fraction of sp³-hybridized carbons (Fsp3) is 0.136. The van der Waals surface area contributed by atoms with Gasteiger partial charge in [-0.2, -0.15) is 0 Å². The van der Waals surface area contributed by atoms with Crippen molar-refractivity contribution in [3.63, 3.8) is 0 Å². The Morgan fingerprint density at radius 2 is 1.52 bits per heavy atom. The molecule has 1 N–H and O–H groups in total.